The van der Waals surface area contributed by atoms with Crippen LogP contribution in [0.4, 0.5) is 0 Å². The lowest BCUT2D eigenvalue weighted by molar-refractivity contribution is -0.122. The van der Waals surface area contributed by atoms with Gasteiger partial charge in [0.15, 0.2) is 0 Å². The summed E-state index contributed by atoms with van der Waals surface area (Å²) in [5.74, 6) is 0.512. The van der Waals surface area contributed by atoms with Gasteiger partial charge in [-0.05, 0) is 37.8 Å². The van der Waals surface area contributed by atoms with Gasteiger partial charge in [0.1, 0.15) is 0 Å². The van der Waals surface area contributed by atoms with Crippen LogP contribution in [0.1, 0.15) is 25.3 Å². The Hall–Kier alpha value is -2.14. The van der Waals surface area contributed by atoms with E-state index in [9.17, 15) is 4.79 Å². The van der Waals surface area contributed by atoms with E-state index in [0.717, 1.165) is 43.7 Å². The van der Waals surface area contributed by atoms with Gasteiger partial charge in [-0.15, -0.1) is 0 Å². The molecule has 1 aliphatic rings. The van der Waals surface area contributed by atoms with E-state index < -0.39 is 0 Å². The van der Waals surface area contributed by atoms with Crippen molar-refractivity contribution in [3.8, 4) is 5.69 Å². The van der Waals surface area contributed by atoms with Crippen LogP contribution < -0.4 is 0 Å². The van der Waals surface area contributed by atoms with E-state index in [1.54, 1.807) is 0 Å². The maximum atomic E-state index is 11.5. The summed E-state index contributed by atoms with van der Waals surface area (Å²) in [6, 6.07) is 10.2. The third-order valence-corrected chi connectivity index (χ3v) is 4.63. The lowest BCUT2D eigenvalue weighted by atomic mass is 9.92. The molecule has 1 atom stereocenters. The second kappa shape index (κ2) is 7.42. The molecule has 2 heterocycles. The van der Waals surface area contributed by atoms with Crippen molar-refractivity contribution in [2.75, 3.05) is 13.2 Å². The van der Waals surface area contributed by atoms with E-state index in [-0.39, 0.29) is 6.04 Å². The van der Waals surface area contributed by atoms with Crippen molar-refractivity contribution in [2.24, 2.45) is 5.92 Å². The van der Waals surface area contributed by atoms with E-state index in [2.05, 4.69) is 12.0 Å². The Labute approximate surface area is 136 Å². The number of benzene rings is 1. The molecule has 0 bridgehead atoms. The van der Waals surface area contributed by atoms with Gasteiger partial charge >= 0.3 is 0 Å². The van der Waals surface area contributed by atoms with Gasteiger partial charge in [0.25, 0.3) is 0 Å². The number of ether oxygens (including phenoxy) is 1. The molecule has 0 spiro atoms. The molecular weight excluding hydrogens is 290 g/mol. The minimum atomic E-state index is 0.219. The average molecular weight is 313 g/mol. The SMILES string of the molecule is CC(C1CCOCC1)N(C=O)Cc1cnn(-c2ccccc2)c1. The molecule has 1 aromatic heterocycles. The first kappa shape index (κ1) is 15.7. The molecule has 1 unspecified atom stereocenters. The lowest BCUT2D eigenvalue weighted by Gasteiger charge is -2.34. The highest BCUT2D eigenvalue weighted by Gasteiger charge is 2.25. The summed E-state index contributed by atoms with van der Waals surface area (Å²) in [6.07, 6.45) is 6.83. The maximum Gasteiger partial charge on any atom is 0.210 e. The van der Waals surface area contributed by atoms with Gasteiger partial charge in [0.2, 0.25) is 6.41 Å². The molecular formula is C18H23N3O2. The van der Waals surface area contributed by atoms with Gasteiger partial charge in [0, 0.05) is 37.6 Å². The molecule has 5 nitrogen and oxygen atoms in total. The Bertz CT molecular complexity index is 620. The smallest absolute Gasteiger partial charge is 0.210 e. The van der Waals surface area contributed by atoms with Crippen LogP contribution in [0.5, 0.6) is 0 Å². The Morgan fingerprint density at radius 3 is 2.78 bits per heavy atom. The number of hydrogen-bond donors (Lipinski definition) is 0. The van der Waals surface area contributed by atoms with Crippen LogP contribution in [0.2, 0.25) is 0 Å². The van der Waals surface area contributed by atoms with E-state index in [1.807, 2.05) is 52.3 Å². The Morgan fingerprint density at radius 1 is 1.35 bits per heavy atom. The van der Waals surface area contributed by atoms with Crippen LogP contribution in [0, 0.1) is 5.92 Å². The summed E-state index contributed by atoms with van der Waals surface area (Å²) in [5, 5.41) is 4.40. The van der Waals surface area contributed by atoms with Crippen molar-refractivity contribution >= 4 is 6.41 Å². The van der Waals surface area contributed by atoms with Crippen LogP contribution >= 0.6 is 0 Å². The number of aromatic nitrogens is 2. The fraction of sp³-hybridized carbons (Fsp3) is 0.444. The van der Waals surface area contributed by atoms with Crippen molar-refractivity contribution in [1.82, 2.24) is 14.7 Å². The molecule has 1 fully saturated rings. The van der Waals surface area contributed by atoms with Crippen LogP contribution in [0.15, 0.2) is 42.7 Å². The van der Waals surface area contributed by atoms with Gasteiger partial charge in [-0.3, -0.25) is 4.79 Å². The molecule has 5 heteroatoms. The maximum absolute atomic E-state index is 11.5. The molecule has 0 aliphatic carbocycles. The topological polar surface area (TPSA) is 47.4 Å². The first-order valence-corrected chi connectivity index (χ1v) is 8.15. The zero-order valence-electron chi connectivity index (χ0n) is 13.5. The van der Waals surface area contributed by atoms with Gasteiger partial charge < -0.3 is 9.64 Å². The molecule has 0 radical (unpaired) electrons. The van der Waals surface area contributed by atoms with Crippen molar-refractivity contribution in [2.45, 2.75) is 32.4 Å². The summed E-state index contributed by atoms with van der Waals surface area (Å²) < 4.78 is 7.26. The molecule has 0 saturated carbocycles. The summed E-state index contributed by atoms with van der Waals surface area (Å²) >= 11 is 0. The fourth-order valence-corrected chi connectivity index (χ4v) is 3.12. The summed E-state index contributed by atoms with van der Waals surface area (Å²) in [7, 11) is 0. The number of amides is 1. The number of rotatable bonds is 6. The third kappa shape index (κ3) is 3.79. The monoisotopic (exact) mass is 313 g/mol. The number of para-hydroxylation sites is 1. The Kier molecular flexibility index (Phi) is 5.08. The van der Waals surface area contributed by atoms with E-state index in [1.165, 1.54) is 0 Å². The third-order valence-electron chi connectivity index (χ3n) is 4.63. The predicted molar refractivity (Wildman–Crippen MR) is 88.2 cm³/mol. The number of carbonyl (C=O) groups excluding carboxylic acids is 1. The minimum absolute atomic E-state index is 0.219. The van der Waals surface area contributed by atoms with E-state index in [0.29, 0.717) is 12.5 Å². The lowest BCUT2D eigenvalue weighted by Crippen LogP contribution is -2.39. The largest absolute Gasteiger partial charge is 0.381 e. The zero-order chi connectivity index (χ0) is 16.1. The molecule has 2 aromatic rings. The van der Waals surface area contributed by atoms with Crippen LogP contribution in [-0.4, -0.2) is 40.3 Å². The summed E-state index contributed by atoms with van der Waals surface area (Å²) in [4.78, 5) is 13.4. The Balaban J connectivity index is 1.67. The summed E-state index contributed by atoms with van der Waals surface area (Å²) in [6.45, 7) is 4.32. The fourth-order valence-electron chi connectivity index (χ4n) is 3.12. The quantitative estimate of drug-likeness (QED) is 0.770. The number of hydrogen-bond acceptors (Lipinski definition) is 3. The molecule has 1 saturated heterocycles. The molecule has 1 amide bonds. The zero-order valence-corrected chi connectivity index (χ0v) is 13.5. The van der Waals surface area contributed by atoms with Crippen LogP contribution in [0.25, 0.3) is 5.69 Å². The highest BCUT2D eigenvalue weighted by Crippen LogP contribution is 2.23. The predicted octanol–water partition coefficient (Wildman–Crippen LogP) is 2.65. The normalized spacial score (nSPS) is 16.9. The van der Waals surface area contributed by atoms with Gasteiger partial charge in [-0.25, -0.2) is 4.68 Å². The standard InChI is InChI=1S/C18H23N3O2/c1-15(17-7-9-23-10-8-17)20(14-22)12-16-11-19-21(13-16)18-5-3-2-4-6-18/h2-6,11,13-15,17H,7-10,12H2,1H3. The van der Waals surface area contributed by atoms with Gasteiger partial charge in [-0.2, -0.15) is 5.10 Å². The molecule has 1 aliphatic heterocycles. The van der Waals surface area contributed by atoms with Crippen LogP contribution in [0.3, 0.4) is 0 Å². The second-order valence-electron chi connectivity index (χ2n) is 6.10. The van der Waals surface area contributed by atoms with Gasteiger partial charge in [0.05, 0.1) is 11.9 Å². The van der Waals surface area contributed by atoms with E-state index in [4.69, 9.17) is 4.74 Å². The molecule has 0 N–H and O–H groups in total. The van der Waals surface area contributed by atoms with Crippen molar-refractivity contribution < 1.29 is 9.53 Å². The number of nitrogens with zero attached hydrogens (tertiary/aromatic N) is 3. The first-order chi connectivity index (χ1) is 11.3. The Morgan fingerprint density at radius 2 is 2.09 bits per heavy atom. The highest BCUT2D eigenvalue weighted by atomic mass is 16.5. The van der Waals surface area contributed by atoms with E-state index >= 15 is 0 Å². The molecule has 1 aromatic carbocycles. The van der Waals surface area contributed by atoms with Crippen molar-refractivity contribution in [3.05, 3.63) is 48.3 Å². The van der Waals surface area contributed by atoms with Crippen molar-refractivity contribution in [3.63, 3.8) is 0 Å². The summed E-state index contributed by atoms with van der Waals surface area (Å²) in [5.41, 5.74) is 2.06. The van der Waals surface area contributed by atoms with Gasteiger partial charge in [-0.1, -0.05) is 18.2 Å². The highest BCUT2D eigenvalue weighted by molar-refractivity contribution is 5.48. The molecule has 23 heavy (non-hydrogen) atoms. The molecule has 3 rings (SSSR count). The second-order valence-corrected chi connectivity index (χ2v) is 6.10. The van der Waals surface area contributed by atoms with Crippen LogP contribution in [-0.2, 0) is 16.1 Å². The molecule has 122 valence electrons. The minimum Gasteiger partial charge on any atom is -0.381 e. The first-order valence-electron chi connectivity index (χ1n) is 8.15. The average Bonchev–Trinajstić information content (AvgIpc) is 3.09. The number of carbonyl (C=O) groups is 1. The van der Waals surface area contributed by atoms with Crippen molar-refractivity contribution in [1.29, 1.82) is 0 Å².